The first-order chi connectivity index (χ1) is 10.8. The van der Waals surface area contributed by atoms with Crippen molar-refractivity contribution >= 4 is 17.5 Å². The summed E-state index contributed by atoms with van der Waals surface area (Å²) in [5, 5.41) is 16.1. The number of carbonyl (C=O) groups excluding carboxylic acids is 2. The molecular weight excluding hydrogens is 317 g/mol. The second-order valence-electron chi connectivity index (χ2n) is 7.24. The van der Waals surface area contributed by atoms with Crippen LogP contribution in [-0.2, 0) is 4.79 Å². The second kappa shape index (κ2) is 6.94. The zero-order valence-electron chi connectivity index (χ0n) is 14.4. The van der Waals surface area contributed by atoms with Gasteiger partial charge in [0.1, 0.15) is 16.9 Å². The first-order valence-electron chi connectivity index (χ1n) is 7.38. The van der Waals surface area contributed by atoms with Gasteiger partial charge in [0.2, 0.25) is 5.91 Å². The van der Waals surface area contributed by atoms with Crippen molar-refractivity contribution in [2.45, 2.75) is 40.2 Å². The Morgan fingerprint density at radius 3 is 2.29 bits per heavy atom. The van der Waals surface area contributed by atoms with Gasteiger partial charge in [-0.15, -0.1) is 0 Å². The van der Waals surface area contributed by atoms with E-state index in [2.05, 4.69) is 10.6 Å². The lowest BCUT2D eigenvalue weighted by Crippen LogP contribution is -2.55. The number of halogens is 1. The van der Waals surface area contributed by atoms with E-state index in [4.69, 9.17) is 0 Å². The van der Waals surface area contributed by atoms with Crippen LogP contribution in [0.1, 0.15) is 45.0 Å². The minimum absolute atomic E-state index is 0.133. The van der Waals surface area contributed by atoms with Crippen LogP contribution >= 0.6 is 0 Å². The first-order valence-corrected chi connectivity index (χ1v) is 7.38. The Morgan fingerprint density at radius 1 is 1.21 bits per heavy atom. The summed E-state index contributed by atoms with van der Waals surface area (Å²) in [5.74, 6) is -2.06. The van der Waals surface area contributed by atoms with Crippen molar-refractivity contribution in [1.29, 1.82) is 0 Å². The van der Waals surface area contributed by atoms with E-state index in [-0.39, 0.29) is 11.0 Å². The number of nitro benzene ring substituents is 1. The maximum absolute atomic E-state index is 13.1. The highest BCUT2D eigenvalue weighted by Crippen LogP contribution is 2.20. The number of nitrogens with zero attached hydrogens (tertiary/aromatic N) is 1. The summed E-state index contributed by atoms with van der Waals surface area (Å²) < 4.78 is 13.1. The zero-order chi connectivity index (χ0) is 18.7. The normalized spacial score (nSPS) is 11.8. The maximum Gasteiger partial charge on any atom is 0.285 e. The molecule has 0 heterocycles. The molecule has 8 heteroatoms. The van der Waals surface area contributed by atoms with Crippen molar-refractivity contribution in [1.82, 2.24) is 10.6 Å². The molecular formula is C16H22FN3O4. The second-order valence-corrected chi connectivity index (χ2v) is 7.24. The Morgan fingerprint density at radius 2 is 1.79 bits per heavy atom. The van der Waals surface area contributed by atoms with Gasteiger partial charge in [-0.3, -0.25) is 19.7 Å². The highest BCUT2D eigenvalue weighted by Gasteiger charge is 2.32. The molecule has 0 radical (unpaired) electrons. The highest BCUT2D eigenvalue weighted by atomic mass is 19.1. The Bertz CT molecular complexity index is 666. The molecule has 0 aliphatic carbocycles. The average molecular weight is 339 g/mol. The summed E-state index contributed by atoms with van der Waals surface area (Å²) in [4.78, 5) is 34.6. The van der Waals surface area contributed by atoms with Crippen LogP contribution in [0.3, 0.4) is 0 Å². The number of carbonyl (C=O) groups is 2. The third kappa shape index (κ3) is 5.29. The van der Waals surface area contributed by atoms with E-state index in [1.54, 1.807) is 0 Å². The van der Waals surface area contributed by atoms with Crippen LogP contribution in [0.5, 0.6) is 0 Å². The highest BCUT2D eigenvalue weighted by molar-refractivity contribution is 6.01. The molecule has 0 saturated heterocycles. The van der Waals surface area contributed by atoms with Gasteiger partial charge in [-0.05, 0) is 31.4 Å². The molecule has 24 heavy (non-hydrogen) atoms. The number of amides is 2. The predicted octanol–water partition coefficient (Wildman–Crippen LogP) is 2.40. The molecule has 0 atom stereocenters. The molecule has 1 rings (SSSR count). The van der Waals surface area contributed by atoms with Gasteiger partial charge in [0.25, 0.3) is 11.6 Å². The van der Waals surface area contributed by atoms with Crippen LogP contribution in [0, 0.1) is 21.3 Å². The molecule has 1 aromatic carbocycles. The number of nitro groups is 1. The molecule has 0 aliphatic rings. The van der Waals surface area contributed by atoms with E-state index >= 15 is 0 Å². The molecule has 132 valence electrons. The van der Waals surface area contributed by atoms with Crippen molar-refractivity contribution in [3.05, 3.63) is 39.7 Å². The third-order valence-corrected chi connectivity index (χ3v) is 3.17. The SMILES string of the molecule is CC(C)(C)CNC(=O)C(C)(C)NC(=O)c1ccc(F)cc1[N+](=O)[O-]. The minimum atomic E-state index is -1.29. The maximum atomic E-state index is 13.1. The monoisotopic (exact) mass is 339 g/mol. The summed E-state index contributed by atoms with van der Waals surface area (Å²) in [6.07, 6.45) is 0. The van der Waals surface area contributed by atoms with Crippen LogP contribution < -0.4 is 10.6 Å². The molecule has 0 fully saturated rings. The minimum Gasteiger partial charge on any atom is -0.354 e. The number of hydrogen-bond acceptors (Lipinski definition) is 4. The Labute approximate surface area is 139 Å². The van der Waals surface area contributed by atoms with Gasteiger partial charge in [-0.2, -0.15) is 0 Å². The fraction of sp³-hybridized carbons (Fsp3) is 0.500. The summed E-state index contributed by atoms with van der Waals surface area (Å²) in [5.41, 5.74) is -2.38. The van der Waals surface area contributed by atoms with Crippen molar-refractivity contribution in [2.75, 3.05) is 6.54 Å². The van der Waals surface area contributed by atoms with E-state index in [1.165, 1.54) is 13.8 Å². The van der Waals surface area contributed by atoms with Gasteiger partial charge < -0.3 is 10.6 Å². The lowest BCUT2D eigenvalue weighted by atomic mass is 9.95. The lowest BCUT2D eigenvalue weighted by Gasteiger charge is -2.27. The standard InChI is InChI=1S/C16H22FN3O4/c1-15(2,3)9-18-14(22)16(4,5)19-13(21)11-7-6-10(17)8-12(11)20(23)24/h6-8H,9H2,1-5H3,(H,18,22)(H,19,21). The van der Waals surface area contributed by atoms with Crippen molar-refractivity contribution in [2.24, 2.45) is 5.41 Å². The first kappa shape index (κ1) is 19.5. The summed E-state index contributed by atoms with van der Waals surface area (Å²) >= 11 is 0. The molecule has 0 bridgehead atoms. The molecule has 0 saturated carbocycles. The molecule has 0 spiro atoms. The number of hydrogen-bond donors (Lipinski definition) is 2. The summed E-state index contributed by atoms with van der Waals surface area (Å²) in [7, 11) is 0. The molecule has 2 N–H and O–H groups in total. The molecule has 7 nitrogen and oxygen atoms in total. The van der Waals surface area contributed by atoms with E-state index in [0.29, 0.717) is 12.6 Å². The van der Waals surface area contributed by atoms with Crippen LogP contribution in [0.25, 0.3) is 0 Å². The topological polar surface area (TPSA) is 101 Å². The average Bonchev–Trinajstić information content (AvgIpc) is 2.42. The van der Waals surface area contributed by atoms with E-state index in [1.807, 2.05) is 20.8 Å². The molecule has 0 aliphatic heterocycles. The quantitative estimate of drug-likeness (QED) is 0.635. The van der Waals surface area contributed by atoms with Crippen LogP contribution in [0.15, 0.2) is 18.2 Å². The molecule has 1 aromatic rings. The fourth-order valence-electron chi connectivity index (χ4n) is 1.82. The molecule has 0 aromatic heterocycles. The molecule has 2 amide bonds. The number of benzene rings is 1. The van der Waals surface area contributed by atoms with Crippen LogP contribution in [0.4, 0.5) is 10.1 Å². The van der Waals surface area contributed by atoms with Gasteiger partial charge in [-0.25, -0.2) is 4.39 Å². The predicted molar refractivity (Wildman–Crippen MR) is 87.1 cm³/mol. The largest absolute Gasteiger partial charge is 0.354 e. The van der Waals surface area contributed by atoms with Crippen molar-refractivity contribution in [3.8, 4) is 0 Å². The number of nitrogens with one attached hydrogen (secondary N) is 2. The van der Waals surface area contributed by atoms with Crippen LogP contribution in [-0.4, -0.2) is 28.8 Å². The zero-order valence-corrected chi connectivity index (χ0v) is 14.4. The lowest BCUT2D eigenvalue weighted by molar-refractivity contribution is -0.385. The van der Waals surface area contributed by atoms with Gasteiger partial charge in [0.15, 0.2) is 0 Å². The van der Waals surface area contributed by atoms with Gasteiger partial charge in [0, 0.05) is 6.54 Å². The Hall–Kier alpha value is -2.51. The van der Waals surface area contributed by atoms with E-state index in [0.717, 1.165) is 12.1 Å². The Balaban J connectivity index is 2.94. The smallest absolute Gasteiger partial charge is 0.285 e. The van der Waals surface area contributed by atoms with Crippen molar-refractivity contribution in [3.63, 3.8) is 0 Å². The summed E-state index contributed by atoms with van der Waals surface area (Å²) in [6, 6.07) is 2.64. The Kier molecular flexibility index (Phi) is 5.65. The third-order valence-electron chi connectivity index (χ3n) is 3.17. The van der Waals surface area contributed by atoms with E-state index in [9.17, 15) is 24.1 Å². The van der Waals surface area contributed by atoms with E-state index < -0.39 is 33.8 Å². The fourth-order valence-corrected chi connectivity index (χ4v) is 1.82. The van der Waals surface area contributed by atoms with Gasteiger partial charge >= 0.3 is 0 Å². The van der Waals surface area contributed by atoms with Gasteiger partial charge in [0.05, 0.1) is 11.0 Å². The van der Waals surface area contributed by atoms with Crippen molar-refractivity contribution < 1.29 is 18.9 Å². The van der Waals surface area contributed by atoms with Crippen LogP contribution in [0.2, 0.25) is 0 Å². The van der Waals surface area contributed by atoms with Gasteiger partial charge in [-0.1, -0.05) is 20.8 Å². The number of rotatable bonds is 5. The summed E-state index contributed by atoms with van der Waals surface area (Å²) in [6.45, 7) is 9.21. The molecule has 0 unspecified atom stereocenters.